The molecule has 1 aliphatic rings. The van der Waals surface area contributed by atoms with Gasteiger partial charge in [-0.15, -0.1) is 0 Å². The van der Waals surface area contributed by atoms with Crippen molar-refractivity contribution in [1.29, 1.82) is 0 Å². The summed E-state index contributed by atoms with van der Waals surface area (Å²) in [6, 6.07) is 6.57. The molecule has 0 spiro atoms. The molecular formula is C13H21N3. The van der Waals surface area contributed by atoms with Crippen LogP contribution in [0.3, 0.4) is 0 Å². The second-order valence-electron chi connectivity index (χ2n) is 4.65. The number of nitrogens with zero attached hydrogens (tertiary/aromatic N) is 2. The van der Waals surface area contributed by atoms with Gasteiger partial charge in [-0.25, -0.2) is 0 Å². The number of rotatable bonds is 3. The Bertz CT molecular complexity index is 304. The molecule has 0 aromatic carbocycles. The minimum Gasteiger partial charge on any atom is -0.330 e. The van der Waals surface area contributed by atoms with Crippen molar-refractivity contribution in [2.24, 2.45) is 11.7 Å². The average molecular weight is 219 g/mol. The van der Waals surface area contributed by atoms with E-state index in [1.807, 2.05) is 12.3 Å². The summed E-state index contributed by atoms with van der Waals surface area (Å²) in [5, 5.41) is 0. The van der Waals surface area contributed by atoms with Gasteiger partial charge in [-0.3, -0.25) is 9.88 Å². The zero-order chi connectivity index (χ0) is 11.4. The number of nitrogens with two attached hydrogens (primary N) is 1. The molecule has 2 N–H and O–H groups in total. The predicted molar refractivity (Wildman–Crippen MR) is 66.0 cm³/mol. The Labute approximate surface area is 97.7 Å². The first kappa shape index (κ1) is 11.6. The molecule has 1 aromatic rings. The second kappa shape index (κ2) is 5.41. The lowest BCUT2D eigenvalue weighted by atomic mass is 9.95. The van der Waals surface area contributed by atoms with Crippen LogP contribution in [0.15, 0.2) is 24.4 Å². The van der Waals surface area contributed by atoms with E-state index in [-0.39, 0.29) is 0 Å². The maximum Gasteiger partial charge on any atom is 0.0572 e. The summed E-state index contributed by atoms with van der Waals surface area (Å²) in [5.74, 6) is 0.729. The van der Waals surface area contributed by atoms with Gasteiger partial charge >= 0.3 is 0 Å². The molecule has 1 fully saturated rings. The molecule has 3 nitrogen and oxygen atoms in total. The Kier molecular flexibility index (Phi) is 3.91. The van der Waals surface area contributed by atoms with E-state index in [2.05, 4.69) is 28.9 Å². The van der Waals surface area contributed by atoms with Crippen molar-refractivity contribution in [3.05, 3.63) is 30.1 Å². The molecule has 2 rings (SSSR count). The zero-order valence-corrected chi connectivity index (χ0v) is 9.97. The maximum absolute atomic E-state index is 5.71. The van der Waals surface area contributed by atoms with Crippen LogP contribution < -0.4 is 5.73 Å². The number of hydrogen-bond acceptors (Lipinski definition) is 3. The van der Waals surface area contributed by atoms with Crippen LogP contribution in [0.4, 0.5) is 0 Å². The van der Waals surface area contributed by atoms with E-state index in [9.17, 15) is 0 Å². The summed E-state index contributed by atoms with van der Waals surface area (Å²) in [6.45, 7) is 5.39. The van der Waals surface area contributed by atoms with Gasteiger partial charge in [0.2, 0.25) is 0 Å². The van der Waals surface area contributed by atoms with E-state index >= 15 is 0 Å². The molecule has 2 heterocycles. The van der Waals surface area contributed by atoms with Gasteiger partial charge in [0, 0.05) is 12.2 Å². The summed E-state index contributed by atoms with van der Waals surface area (Å²) < 4.78 is 0. The van der Waals surface area contributed by atoms with Crippen molar-refractivity contribution in [2.75, 3.05) is 19.6 Å². The van der Waals surface area contributed by atoms with E-state index in [1.165, 1.54) is 18.5 Å². The number of hydrogen-bond donors (Lipinski definition) is 1. The van der Waals surface area contributed by atoms with E-state index in [0.717, 1.165) is 25.6 Å². The molecular weight excluding hydrogens is 198 g/mol. The minimum atomic E-state index is 0.430. The Morgan fingerprint density at radius 3 is 2.75 bits per heavy atom. The fourth-order valence-corrected chi connectivity index (χ4v) is 2.39. The number of likely N-dealkylation sites (tertiary alicyclic amines) is 1. The Morgan fingerprint density at radius 1 is 1.44 bits per heavy atom. The fraction of sp³-hybridized carbons (Fsp3) is 0.615. The highest BCUT2D eigenvalue weighted by Gasteiger charge is 2.22. The summed E-state index contributed by atoms with van der Waals surface area (Å²) in [6.07, 6.45) is 4.33. The third kappa shape index (κ3) is 2.60. The first-order valence-electron chi connectivity index (χ1n) is 6.16. The molecule has 88 valence electrons. The quantitative estimate of drug-likeness (QED) is 0.843. The molecule has 16 heavy (non-hydrogen) atoms. The summed E-state index contributed by atoms with van der Waals surface area (Å²) in [7, 11) is 0. The largest absolute Gasteiger partial charge is 0.330 e. The van der Waals surface area contributed by atoms with Crippen LogP contribution in [0.5, 0.6) is 0 Å². The molecule has 1 atom stereocenters. The molecule has 0 unspecified atom stereocenters. The SMILES string of the molecule is C[C@@H](c1ccccn1)N1CCC(CN)CC1. The Hall–Kier alpha value is -0.930. The number of pyridine rings is 1. The number of aromatic nitrogens is 1. The van der Waals surface area contributed by atoms with Crippen molar-refractivity contribution >= 4 is 0 Å². The molecule has 0 amide bonds. The first-order valence-corrected chi connectivity index (χ1v) is 6.16. The second-order valence-corrected chi connectivity index (χ2v) is 4.65. The molecule has 0 bridgehead atoms. The van der Waals surface area contributed by atoms with Crippen LogP contribution in [0, 0.1) is 5.92 Å². The van der Waals surface area contributed by atoms with E-state index in [0.29, 0.717) is 6.04 Å². The molecule has 1 aliphatic heterocycles. The molecule has 3 heteroatoms. The average Bonchev–Trinajstić information content (AvgIpc) is 2.39. The van der Waals surface area contributed by atoms with Gasteiger partial charge in [-0.1, -0.05) is 6.07 Å². The van der Waals surface area contributed by atoms with Gasteiger partial charge in [-0.2, -0.15) is 0 Å². The smallest absolute Gasteiger partial charge is 0.0572 e. The summed E-state index contributed by atoms with van der Waals surface area (Å²) in [5.41, 5.74) is 6.88. The monoisotopic (exact) mass is 219 g/mol. The summed E-state index contributed by atoms with van der Waals surface area (Å²) >= 11 is 0. The zero-order valence-electron chi connectivity index (χ0n) is 9.97. The Morgan fingerprint density at radius 2 is 2.19 bits per heavy atom. The maximum atomic E-state index is 5.71. The molecule has 0 saturated carbocycles. The van der Waals surface area contributed by atoms with Crippen LogP contribution in [0.25, 0.3) is 0 Å². The highest BCUT2D eigenvalue weighted by atomic mass is 15.2. The molecule has 1 aromatic heterocycles. The van der Waals surface area contributed by atoms with Gasteiger partial charge in [-0.05, 0) is 57.5 Å². The molecule has 0 aliphatic carbocycles. The lowest BCUT2D eigenvalue weighted by molar-refractivity contribution is 0.141. The van der Waals surface area contributed by atoms with Crippen molar-refractivity contribution in [2.45, 2.75) is 25.8 Å². The first-order chi connectivity index (χ1) is 7.81. The fourth-order valence-electron chi connectivity index (χ4n) is 2.39. The normalized spacial score (nSPS) is 20.9. The van der Waals surface area contributed by atoms with Gasteiger partial charge in [0.25, 0.3) is 0 Å². The lowest BCUT2D eigenvalue weighted by Gasteiger charge is -2.35. The van der Waals surface area contributed by atoms with Crippen LogP contribution in [-0.2, 0) is 0 Å². The third-order valence-electron chi connectivity index (χ3n) is 3.65. The lowest BCUT2D eigenvalue weighted by Crippen LogP contribution is -2.37. The van der Waals surface area contributed by atoms with Crippen molar-refractivity contribution in [3.8, 4) is 0 Å². The third-order valence-corrected chi connectivity index (χ3v) is 3.65. The van der Waals surface area contributed by atoms with Gasteiger partial charge in [0.1, 0.15) is 0 Å². The van der Waals surface area contributed by atoms with Crippen LogP contribution in [0.1, 0.15) is 31.5 Å². The van der Waals surface area contributed by atoms with E-state index in [1.54, 1.807) is 0 Å². The molecule has 1 saturated heterocycles. The highest BCUT2D eigenvalue weighted by molar-refractivity contribution is 5.08. The van der Waals surface area contributed by atoms with Gasteiger partial charge in [0.15, 0.2) is 0 Å². The van der Waals surface area contributed by atoms with E-state index < -0.39 is 0 Å². The summed E-state index contributed by atoms with van der Waals surface area (Å²) in [4.78, 5) is 6.94. The van der Waals surface area contributed by atoms with Crippen LogP contribution in [0.2, 0.25) is 0 Å². The van der Waals surface area contributed by atoms with Crippen molar-refractivity contribution in [1.82, 2.24) is 9.88 Å². The minimum absolute atomic E-state index is 0.430. The van der Waals surface area contributed by atoms with Gasteiger partial charge < -0.3 is 5.73 Å². The van der Waals surface area contributed by atoms with Crippen molar-refractivity contribution < 1.29 is 0 Å². The molecule has 0 radical (unpaired) electrons. The Balaban J connectivity index is 1.94. The van der Waals surface area contributed by atoms with Crippen LogP contribution in [-0.4, -0.2) is 29.5 Å². The van der Waals surface area contributed by atoms with E-state index in [4.69, 9.17) is 5.73 Å². The number of piperidine rings is 1. The topological polar surface area (TPSA) is 42.2 Å². The predicted octanol–water partition coefficient (Wildman–Crippen LogP) is 1.81. The highest BCUT2D eigenvalue weighted by Crippen LogP contribution is 2.24. The van der Waals surface area contributed by atoms with Crippen LogP contribution >= 0.6 is 0 Å². The van der Waals surface area contributed by atoms with Gasteiger partial charge in [0.05, 0.1) is 5.69 Å². The van der Waals surface area contributed by atoms with Crippen molar-refractivity contribution in [3.63, 3.8) is 0 Å². The standard InChI is InChI=1S/C13H21N3/c1-11(13-4-2-3-7-15-13)16-8-5-12(10-14)6-9-16/h2-4,7,11-12H,5-6,8-10,14H2,1H3/t11-/m0/s1.